The van der Waals surface area contributed by atoms with E-state index in [4.69, 9.17) is 33.7 Å². The maximum Gasteiger partial charge on any atom is 0.132 e. The summed E-state index contributed by atoms with van der Waals surface area (Å²) < 4.78 is 5.52. The topological polar surface area (TPSA) is 48.1 Å². The van der Waals surface area contributed by atoms with Gasteiger partial charge >= 0.3 is 0 Å². The van der Waals surface area contributed by atoms with Gasteiger partial charge in [-0.15, -0.1) is 0 Å². The Hall–Kier alpha value is -1.45. The molecule has 5 heteroatoms. The van der Waals surface area contributed by atoms with Crippen molar-refractivity contribution < 1.29 is 4.74 Å². The number of ether oxygens (including phenoxy) is 1. The van der Waals surface area contributed by atoms with Gasteiger partial charge in [0.15, 0.2) is 0 Å². The summed E-state index contributed by atoms with van der Waals surface area (Å²) in [5, 5.41) is 1.20. The molecule has 0 unspecified atom stereocenters. The van der Waals surface area contributed by atoms with Crippen molar-refractivity contribution in [2.24, 2.45) is 0 Å². The average Bonchev–Trinajstić information content (AvgIpc) is 2.32. The fourth-order valence-electron chi connectivity index (χ4n) is 1.28. The summed E-state index contributed by atoms with van der Waals surface area (Å²) in [6.07, 6.45) is 0. The van der Waals surface area contributed by atoms with Crippen LogP contribution in [0.4, 0.5) is 5.82 Å². The first kappa shape index (κ1) is 12.0. The van der Waals surface area contributed by atoms with Crippen LogP contribution < -0.4 is 10.5 Å². The lowest BCUT2D eigenvalue weighted by molar-refractivity contribution is 0.301. The van der Waals surface area contributed by atoms with Crippen molar-refractivity contribution in [3.8, 4) is 5.75 Å². The predicted octanol–water partition coefficient (Wildman–Crippen LogP) is 3.55. The lowest BCUT2D eigenvalue weighted by Crippen LogP contribution is -2.01. The number of rotatable bonds is 3. The Kier molecular flexibility index (Phi) is 3.71. The van der Waals surface area contributed by atoms with Gasteiger partial charge in [-0.2, -0.15) is 0 Å². The van der Waals surface area contributed by atoms with Crippen molar-refractivity contribution >= 4 is 29.0 Å². The molecule has 3 nitrogen and oxygen atoms in total. The second kappa shape index (κ2) is 5.25. The molecule has 17 heavy (non-hydrogen) atoms. The molecule has 2 N–H and O–H groups in total. The van der Waals surface area contributed by atoms with Crippen LogP contribution in [0.2, 0.25) is 10.0 Å². The number of anilines is 1. The zero-order valence-electron chi connectivity index (χ0n) is 8.86. The summed E-state index contributed by atoms with van der Waals surface area (Å²) in [4.78, 5) is 4.10. The standard InChI is InChI=1S/C12H10Cl2N2O/c13-8-1-3-9(4-2-8)17-7-11-10(14)5-6-12(15)16-11/h1-6H,7H2,(H2,15,16). The van der Waals surface area contributed by atoms with Gasteiger partial charge in [0.05, 0.1) is 10.7 Å². The Morgan fingerprint density at radius 2 is 1.76 bits per heavy atom. The van der Waals surface area contributed by atoms with Gasteiger partial charge in [0, 0.05) is 5.02 Å². The second-order valence-electron chi connectivity index (χ2n) is 3.41. The van der Waals surface area contributed by atoms with Crippen LogP contribution in [0.25, 0.3) is 0 Å². The van der Waals surface area contributed by atoms with Gasteiger partial charge in [-0.05, 0) is 36.4 Å². The number of nitrogen functional groups attached to an aromatic ring is 1. The van der Waals surface area contributed by atoms with Crippen LogP contribution in [-0.4, -0.2) is 4.98 Å². The Labute approximate surface area is 109 Å². The number of aromatic nitrogens is 1. The first-order chi connectivity index (χ1) is 8.15. The van der Waals surface area contributed by atoms with E-state index in [1.54, 1.807) is 36.4 Å². The van der Waals surface area contributed by atoms with Crippen LogP contribution in [-0.2, 0) is 6.61 Å². The first-order valence-corrected chi connectivity index (χ1v) is 5.70. The Balaban J connectivity index is 2.07. The minimum atomic E-state index is 0.269. The van der Waals surface area contributed by atoms with Gasteiger partial charge in [0.25, 0.3) is 0 Å². The van der Waals surface area contributed by atoms with Gasteiger partial charge in [0.2, 0.25) is 0 Å². The van der Waals surface area contributed by atoms with Crippen molar-refractivity contribution in [2.45, 2.75) is 6.61 Å². The average molecular weight is 269 g/mol. The molecule has 0 radical (unpaired) electrons. The van der Waals surface area contributed by atoms with Crippen LogP contribution in [0.3, 0.4) is 0 Å². The molecule has 0 aliphatic rings. The van der Waals surface area contributed by atoms with E-state index in [2.05, 4.69) is 4.98 Å². The van der Waals surface area contributed by atoms with Crippen molar-refractivity contribution in [3.05, 3.63) is 52.1 Å². The van der Waals surface area contributed by atoms with Crippen LogP contribution in [0.15, 0.2) is 36.4 Å². The molecule has 1 heterocycles. The van der Waals surface area contributed by atoms with E-state index in [1.165, 1.54) is 0 Å². The van der Waals surface area contributed by atoms with Crippen LogP contribution in [0, 0.1) is 0 Å². The molecule has 0 saturated heterocycles. The normalized spacial score (nSPS) is 10.2. The smallest absolute Gasteiger partial charge is 0.132 e. The summed E-state index contributed by atoms with van der Waals surface area (Å²) in [6, 6.07) is 10.4. The Bertz CT molecular complexity index is 514. The molecule has 0 amide bonds. The molecule has 0 fully saturated rings. The van der Waals surface area contributed by atoms with Crippen molar-refractivity contribution in [1.29, 1.82) is 0 Å². The number of halogens is 2. The molecule has 1 aromatic carbocycles. The van der Waals surface area contributed by atoms with Gasteiger partial charge in [-0.1, -0.05) is 23.2 Å². The number of benzene rings is 1. The van der Waals surface area contributed by atoms with Crippen molar-refractivity contribution in [3.63, 3.8) is 0 Å². The van der Waals surface area contributed by atoms with Crippen molar-refractivity contribution in [2.75, 3.05) is 5.73 Å². The third kappa shape index (κ3) is 3.25. The summed E-state index contributed by atoms with van der Waals surface area (Å²) >= 11 is 11.7. The third-order valence-electron chi connectivity index (χ3n) is 2.13. The number of nitrogens with two attached hydrogens (primary N) is 1. The van der Waals surface area contributed by atoms with E-state index in [0.717, 1.165) is 0 Å². The molecule has 0 aliphatic heterocycles. The SMILES string of the molecule is Nc1ccc(Cl)c(COc2ccc(Cl)cc2)n1. The minimum absolute atomic E-state index is 0.269. The highest BCUT2D eigenvalue weighted by Gasteiger charge is 2.03. The molecule has 0 aliphatic carbocycles. The molecule has 0 spiro atoms. The zero-order chi connectivity index (χ0) is 12.3. The number of hydrogen-bond donors (Lipinski definition) is 1. The van der Waals surface area contributed by atoms with Gasteiger partial charge in [-0.3, -0.25) is 0 Å². The molecule has 1 aromatic heterocycles. The molecular formula is C12H10Cl2N2O. The largest absolute Gasteiger partial charge is 0.487 e. The number of pyridine rings is 1. The van der Waals surface area contributed by atoms with Gasteiger partial charge in [-0.25, -0.2) is 4.98 Å². The second-order valence-corrected chi connectivity index (χ2v) is 4.25. The first-order valence-electron chi connectivity index (χ1n) is 4.94. The monoisotopic (exact) mass is 268 g/mol. The predicted molar refractivity (Wildman–Crippen MR) is 69.4 cm³/mol. The lowest BCUT2D eigenvalue weighted by atomic mass is 10.3. The van der Waals surface area contributed by atoms with E-state index in [1.807, 2.05) is 0 Å². The van der Waals surface area contributed by atoms with E-state index < -0.39 is 0 Å². The van der Waals surface area contributed by atoms with E-state index in [0.29, 0.717) is 27.3 Å². The fraction of sp³-hybridized carbons (Fsp3) is 0.0833. The zero-order valence-corrected chi connectivity index (χ0v) is 10.4. The minimum Gasteiger partial charge on any atom is -0.487 e. The Morgan fingerprint density at radius 1 is 1.06 bits per heavy atom. The highest BCUT2D eigenvalue weighted by atomic mass is 35.5. The maximum absolute atomic E-state index is 5.97. The van der Waals surface area contributed by atoms with Gasteiger partial charge in [0.1, 0.15) is 18.2 Å². The highest BCUT2D eigenvalue weighted by Crippen LogP contribution is 2.19. The van der Waals surface area contributed by atoms with Crippen LogP contribution in [0.5, 0.6) is 5.75 Å². The number of nitrogens with zero attached hydrogens (tertiary/aromatic N) is 1. The molecule has 0 bridgehead atoms. The quantitative estimate of drug-likeness (QED) is 0.926. The molecule has 2 rings (SSSR count). The molecule has 0 saturated carbocycles. The fourth-order valence-corrected chi connectivity index (χ4v) is 1.57. The Morgan fingerprint density at radius 3 is 2.47 bits per heavy atom. The van der Waals surface area contributed by atoms with Crippen LogP contribution >= 0.6 is 23.2 Å². The summed E-state index contributed by atoms with van der Waals surface area (Å²) in [5.74, 6) is 1.12. The highest BCUT2D eigenvalue weighted by molar-refractivity contribution is 6.31. The summed E-state index contributed by atoms with van der Waals surface area (Å²) in [5.41, 5.74) is 6.19. The molecule has 0 atom stereocenters. The summed E-state index contributed by atoms with van der Waals surface area (Å²) in [7, 11) is 0. The maximum atomic E-state index is 5.97. The summed E-state index contributed by atoms with van der Waals surface area (Å²) in [6.45, 7) is 0.269. The number of hydrogen-bond acceptors (Lipinski definition) is 3. The van der Waals surface area contributed by atoms with E-state index in [-0.39, 0.29) is 6.61 Å². The van der Waals surface area contributed by atoms with E-state index >= 15 is 0 Å². The van der Waals surface area contributed by atoms with E-state index in [9.17, 15) is 0 Å². The van der Waals surface area contributed by atoms with Crippen LogP contribution in [0.1, 0.15) is 5.69 Å². The third-order valence-corrected chi connectivity index (χ3v) is 2.73. The van der Waals surface area contributed by atoms with Gasteiger partial charge < -0.3 is 10.5 Å². The van der Waals surface area contributed by atoms with Crippen molar-refractivity contribution in [1.82, 2.24) is 4.98 Å². The molecular weight excluding hydrogens is 259 g/mol. The lowest BCUT2D eigenvalue weighted by Gasteiger charge is -2.07. The molecule has 88 valence electrons. The molecule has 2 aromatic rings.